The molecule has 1 saturated heterocycles. The molecular weight excluding hydrogens is 602 g/mol. The lowest BCUT2D eigenvalue weighted by Crippen LogP contribution is -2.54. The Morgan fingerprint density at radius 2 is 1.88 bits per heavy atom. The average Bonchev–Trinajstić information content (AvgIpc) is 2.96. The van der Waals surface area contributed by atoms with Crippen LogP contribution in [0.3, 0.4) is 0 Å². The zero-order valence-corrected chi connectivity index (χ0v) is 25.1. The van der Waals surface area contributed by atoms with E-state index in [1.54, 1.807) is 17.9 Å². The van der Waals surface area contributed by atoms with Crippen LogP contribution in [0.5, 0.6) is 0 Å². The number of benzene rings is 1. The molecule has 43 heavy (non-hydrogen) atoms. The van der Waals surface area contributed by atoms with Gasteiger partial charge in [-0.1, -0.05) is 31.2 Å². The van der Waals surface area contributed by atoms with Crippen LogP contribution in [-0.4, -0.2) is 70.7 Å². The van der Waals surface area contributed by atoms with Gasteiger partial charge in [0.1, 0.15) is 17.5 Å². The largest absolute Gasteiger partial charge is 0.355 e. The topological polar surface area (TPSA) is 118 Å². The van der Waals surface area contributed by atoms with Crippen LogP contribution in [0.15, 0.2) is 59.0 Å². The number of anilines is 1. The maximum absolute atomic E-state index is 15.0. The Hall–Kier alpha value is -4.23. The highest BCUT2D eigenvalue weighted by Crippen LogP contribution is 2.37. The summed E-state index contributed by atoms with van der Waals surface area (Å²) in [4.78, 5) is 42.6. The molecule has 0 saturated carbocycles. The van der Waals surface area contributed by atoms with Gasteiger partial charge in [-0.2, -0.15) is 4.98 Å². The summed E-state index contributed by atoms with van der Waals surface area (Å²) in [5, 5.41) is -0.279. The predicted octanol–water partition coefficient (Wildman–Crippen LogP) is 3.96. The van der Waals surface area contributed by atoms with Crippen molar-refractivity contribution in [3.8, 4) is 16.9 Å². The molecule has 1 aliphatic heterocycles. The van der Waals surface area contributed by atoms with Gasteiger partial charge in [0.2, 0.25) is 5.91 Å². The number of aromatic nitrogens is 4. The fraction of sp³-hybridized carbons (Fsp3) is 0.276. The highest BCUT2D eigenvalue weighted by atomic mass is 35.5. The lowest BCUT2D eigenvalue weighted by Gasteiger charge is -2.40. The van der Waals surface area contributed by atoms with Crippen molar-refractivity contribution in [3.05, 3.63) is 81.9 Å². The van der Waals surface area contributed by atoms with Crippen LogP contribution in [0.1, 0.15) is 19.4 Å². The van der Waals surface area contributed by atoms with Crippen molar-refractivity contribution >= 4 is 44.2 Å². The number of carbonyl (C=O) groups excluding carboxylic acids is 1. The van der Waals surface area contributed by atoms with E-state index < -0.39 is 32.7 Å². The first kappa shape index (κ1) is 30.2. The lowest BCUT2D eigenvalue weighted by molar-refractivity contribution is -0.126. The van der Waals surface area contributed by atoms with E-state index in [9.17, 15) is 26.8 Å². The number of amides is 1. The van der Waals surface area contributed by atoms with Gasteiger partial charge in [0.15, 0.2) is 20.5 Å². The first-order chi connectivity index (χ1) is 20.4. The van der Waals surface area contributed by atoms with Gasteiger partial charge in [-0.3, -0.25) is 4.79 Å². The first-order valence-electron chi connectivity index (χ1n) is 13.3. The third-order valence-corrected chi connectivity index (χ3v) is 8.61. The number of nitrogens with zero attached hydrogens (tertiary/aromatic N) is 6. The second kappa shape index (κ2) is 11.5. The van der Waals surface area contributed by atoms with Crippen LogP contribution < -0.4 is 10.6 Å². The number of hydrogen-bond donors (Lipinski definition) is 0. The van der Waals surface area contributed by atoms with E-state index >= 15 is 0 Å². The summed E-state index contributed by atoms with van der Waals surface area (Å²) in [6, 6.07) is 5.95. The number of hydrogen-bond acceptors (Lipinski definition) is 8. The number of sulfone groups is 1. The molecule has 1 aliphatic rings. The molecule has 3 aromatic heterocycles. The van der Waals surface area contributed by atoms with Gasteiger partial charge >= 0.3 is 5.69 Å². The second-order valence-electron chi connectivity index (χ2n) is 10.1. The van der Waals surface area contributed by atoms with Crippen LogP contribution in [0.25, 0.3) is 28.0 Å². The zero-order chi connectivity index (χ0) is 31.2. The molecule has 1 atom stereocenters. The Kier molecular flexibility index (Phi) is 8.05. The highest BCUT2D eigenvalue weighted by Gasteiger charge is 2.31. The number of pyridine rings is 2. The van der Waals surface area contributed by atoms with Crippen LogP contribution in [0, 0.1) is 11.6 Å². The van der Waals surface area contributed by atoms with E-state index in [-0.39, 0.29) is 56.8 Å². The average molecular weight is 629 g/mol. The van der Waals surface area contributed by atoms with Crippen molar-refractivity contribution in [1.82, 2.24) is 24.4 Å². The first-order valence-corrected chi connectivity index (χ1v) is 15.6. The molecule has 10 nitrogen and oxygen atoms in total. The van der Waals surface area contributed by atoms with E-state index in [1.165, 1.54) is 24.4 Å². The molecule has 1 aromatic carbocycles. The minimum Gasteiger partial charge on any atom is -0.350 e. The molecule has 5 rings (SSSR count). The van der Waals surface area contributed by atoms with Gasteiger partial charge < -0.3 is 9.80 Å². The summed E-state index contributed by atoms with van der Waals surface area (Å²) in [7, 11) is -3.97. The molecule has 0 N–H and O–H groups in total. The summed E-state index contributed by atoms with van der Waals surface area (Å²) in [6.45, 7) is 8.05. The molecule has 0 unspecified atom stereocenters. The van der Waals surface area contributed by atoms with Crippen molar-refractivity contribution in [2.75, 3.05) is 30.8 Å². The van der Waals surface area contributed by atoms with Gasteiger partial charge in [0.05, 0.1) is 27.4 Å². The third kappa shape index (κ3) is 5.38. The van der Waals surface area contributed by atoms with Crippen molar-refractivity contribution in [2.24, 2.45) is 0 Å². The molecule has 4 aromatic rings. The van der Waals surface area contributed by atoms with Crippen LogP contribution in [-0.2, 0) is 21.1 Å². The van der Waals surface area contributed by atoms with E-state index in [0.717, 1.165) is 23.0 Å². The van der Waals surface area contributed by atoms with Crippen molar-refractivity contribution in [3.63, 3.8) is 0 Å². The van der Waals surface area contributed by atoms with Gasteiger partial charge in [-0.15, -0.1) is 0 Å². The summed E-state index contributed by atoms with van der Waals surface area (Å²) in [6.07, 6.45) is 3.82. The fourth-order valence-electron chi connectivity index (χ4n) is 5.30. The fourth-order valence-corrected chi connectivity index (χ4v) is 6.37. The SMILES string of the molecule is C=CC(=O)N1CCN(c2nc(=O)n(-c3c(CC)ccnc3S(C)(=O)=O)c3nc(-c4c(F)cccc4F)c(Cl)cc23)[C@@H](C)C1. The van der Waals surface area contributed by atoms with Gasteiger partial charge in [-0.05, 0) is 49.2 Å². The minimum absolute atomic E-state index is 0.0641. The molecule has 4 heterocycles. The normalized spacial score (nSPS) is 15.6. The van der Waals surface area contributed by atoms with E-state index in [0.29, 0.717) is 25.1 Å². The second-order valence-corrected chi connectivity index (χ2v) is 12.5. The Bertz CT molecular complexity index is 1950. The Morgan fingerprint density at radius 3 is 2.49 bits per heavy atom. The Morgan fingerprint density at radius 1 is 1.19 bits per heavy atom. The third-order valence-electron chi connectivity index (χ3n) is 7.32. The number of fused-ring (bicyclic) bond motifs is 1. The number of rotatable bonds is 6. The van der Waals surface area contributed by atoms with Gasteiger partial charge in [0.25, 0.3) is 0 Å². The molecule has 14 heteroatoms. The summed E-state index contributed by atoms with van der Waals surface area (Å²) in [5.74, 6) is -1.92. The molecule has 1 fully saturated rings. The highest BCUT2D eigenvalue weighted by molar-refractivity contribution is 7.90. The minimum atomic E-state index is -3.97. The molecule has 0 bridgehead atoms. The number of piperazine rings is 1. The van der Waals surface area contributed by atoms with Crippen molar-refractivity contribution in [2.45, 2.75) is 31.3 Å². The van der Waals surface area contributed by atoms with E-state index in [2.05, 4.69) is 21.5 Å². The number of aryl methyl sites for hydroxylation is 1. The Labute approximate surface area is 251 Å². The lowest BCUT2D eigenvalue weighted by atomic mass is 10.1. The van der Waals surface area contributed by atoms with E-state index in [1.807, 2.05) is 11.8 Å². The van der Waals surface area contributed by atoms with Crippen molar-refractivity contribution < 1.29 is 22.0 Å². The predicted molar refractivity (Wildman–Crippen MR) is 159 cm³/mol. The summed E-state index contributed by atoms with van der Waals surface area (Å²) < 4.78 is 56.6. The van der Waals surface area contributed by atoms with E-state index in [4.69, 9.17) is 11.6 Å². The Balaban J connectivity index is 1.88. The number of carbonyl (C=O) groups is 1. The molecular formula is C29H27ClF2N6O4S. The van der Waals surface area contributed by atoms with Crippen LogP contribution in [0.4, 0.5) is 14.6 Å². The van der Waals surface area contributed by atoms with Crippen molar-refractivity contribution in [1.29, 1.82) is 0 Å². The summed E-state index contributed by atoms with van der Waals surface area (Å²) in [5.41, 5.74) is -1.42. The monoisotopic (exact) mass is 628 g/mol. The number of halogens is 3. The molecule has 0 aliphatic carbocycles. The van der Waals surface area contributed by atoms with Gasteiger partial charge in [-0.25, -0.2) is 36.5 Å². The molecule has 224 valence electrons. The molecule has 0 radical (unpaired) electrons. The maximum atomic E-state index is 15.0. The quantitative estimate of drug-likeness (QED) is 0.295. The van der Waals surface area contributed by atoms with Crippen LogP contribution in [0.2, 0.25) is 5.02 Å². The summed E-state index contributed by atoms with van der Waals surface area (Å²) >= 11 is 6.61. The molecule has 1 amide bonds. The zero-order valence-electron chi connectivity index (χ0n) is 23.5. The smallest absolute Gasteiger partial charge is 0.350 e. The maximum Gasteiger partial charge on any atom is 0.355 e. The van der Waals surface area contributed by atoms with Gasteiger partial charge in [0, 0.05) is 38.1 Å². The molecule has 0 spiro atoms. The standard InChI is InChI=1S/C29H27ClF2N6O4S/c1-5-17-10-11-33-28(43(4,41)42)25(17)38-27-18(14-19(30)24(34-27)23-20(31)8-7-9-21(23)32)26(35-29(38)40)37-13-12-36(15-16(37)3)22(39)6-2/h6-11,14,16H,2,5,12-13,15H2,1,3-4H3/t16-/m0/s1. The van der Waals surface area contributed by atoms with Crippen LogP contribution >= 0.6 is 11.6 Å².